The molecule has 1 amide bonds. The predicted molar refractivity (Wildman–Crippen MR) is 125 cm³/mol. The van der Waals surface area contributed by atoms with Gasteiger partial charge in [-0.05, 0) is 48.9 Å². The Hall–Kier alpha value is -2.33. The summed E-state index contributed by atoms with van der Waals surface area (Å²) in [5.41, 5.74) is 1.90. The van der Waals surface area contributed by atoms with Gasteiger partial charge in [0.15, 0.2) is 0 Å². The molecule has 0 aromatic heterocycles. The normalized spacial score (nSPS) is 20.4. The predicted octanol–water partition coefficient (Wildman–Crippen LogP) is 1.87. The molecular weight excluding hydrogens is 443 g/mol. The molecule has 2 aromatic carbocycles. The highest BCUT2D eigenvalue weighted by atomic mass is 32.2. The quantitative estimate of drug-likeness (QED) is 0.663. The second kappa shape index (κ2) is 10.3. The fourth-order valence-corrected chi connectivity index (χ4v) is 6.15. The molecule has 33 heavy (non-hydrogen) atoms. The van der Waals surface area contributed by atoms with Gasteiger partial charge in [0.25, 0.3) is 0 Å². The van der Waals surface area contributed by atoms with E-state index in [-0.39, 0.29) is 23.8 Å². The minimum Gasteiger partial charge on any atom is -0.355 e. The number of hydrogen-bond donors (Lipinski definition) is 1. The molecule has 0 spiro atoms. The molecule has 1 saturated heterocycles. The third kappa shape index (κ3) is 5.60. The summed E-state index contributed by atoms with van der Waals surface area (Å²) in [7, 11) is -1.78. The molecule has 0 unspecified atom stereocenters. The van der Waals surface area contributed by atoms with E-state index in [0.29, 0.717) is 13.0 Å². The number of nitrogens with one attached hydrogen (secondary N) is 1. The molecule has 0 aliphatic carbocycles. The van der Waals surface area contributed by atoms with E-state index in [9.17, 15) is 17.6 Å². The van der Waals surface area contributed by atoms with Crippen LogP contribution in [-0.4, -0.2) is 81.3 Å². The Kier molecular flexibility index (Phi) is 7.43. The van der Waals surface area contributed by atoms with Gasteiger partial charge in [-0.15, -0.1) is 0 Å². The highest BCUT2D eigenvalue weighted by molar-refractivity contribution is 7.89. The summed E-state index contributed by atoms with van der Waals surface area (Å²) in [6.07, 6.45) is 0.609. The zero-order chi connectivity index (χ0) is 23.4. The molecule has 2 heterocycles. The lowest BCUT2D eigenvalue weighted by Crippen LogP contribution is -2.47. The molecule has 2 aliphatic heterocycles. The van der Waals surface area contributed by atoms with Gasteiger partial charge in [0, 0.05) is 52.2 Å². The summed E-state index contributed by atoms with van der Waals surface area (Å²) in [6.45, 7) is 5.57. The Morgan fingerprint density at radius 2 is 1.73 bits per heavy atom. The van der Waals surface area contributed by atoms with E-state index in [1.807, 2.05) is 24.3 Å². The Labute approximate surface area is 195 Å². The van der Waals surface area contributed by atoms with Crippen molar-refractivity contribution in [2.45, 2.75) is 23.8 Å². The molecule has 4 rings (SSSR count). The smallest absolute Gasteiger partial charge is 0.243 e. The third-order valence-electron chi connectivity index (χ3n) is 6.51. The average molecular weight is 475 g/mol. The molecule has 9 heteroatoms. The van der Waals surface area contributed by atoms with Crippen molar-refractivity contribution >= 4 is 15.9 Å². The van der Waals surface area contributed by atoms with Gasteiger partial charge in [0.2, 0.25) is 15.9 Å². The summed E-state index contributed by atoms with van der Waals surface area (Å²) < 4.78 is 41.6. The number of benzene rings is 2. The van der Waals surface area contributed by atoms with Crippen LogP contribution >= 0.6 is 0 Å². The van der Waals surface area contributed by atoms with Crippen LogP contribution in [0.25, 0.3) is 0 Å². The van der Waals surface area contributed by atoms with Crippen LogP contribution in [0.1, 0.15) is 23.6 Å². The van der Waals surface area contributed by atoms with E-state index in [2.05, 4.69) is 22.2 Å². The van der Waals surface area contributed by atoms with Crippen molar-refractivity contribution in [3.05, 3.63) is 65.5 Å². The molecule has 2 aromatic rings. The summed E-state index contributed by atoms with van der Waals surface area (Å²) in [5, 5.41) is 2.97. The Bertz CT molecular complexity index is 1070. The molecular formula is C24H31FN4O3S. The van der Waals surface area contributed by atoms with Crippen molar-refractivity contribution in [1.82, 2.24) is 19.4 Å². The van der Waals surface area contributed by atoms with Gasteiger partial charge in [0.1, 0.15) is 5.82 Å². The third-order valence-corrected chi connectivity index (χ3v) is 8.43. The number of rotatable bonds is 7. The molecule has 1 fully saturated rings. The fraction of sp³-hybridized carbons (Fsp3) is 0.458. The maximum absolute atomic E-state index is 13.4. The number of hydrogen-bond acceptors (Lipinski definition) is 5. The summed E-state index contributed by atoms with van der Waals surface area (Å²) in [4.78, 5) is 17.5. The van der Waals surface area contributed by atoms with Crippen LogP contribution in [0, 0.1) is 5.82 Å². The zero-order valence-electron chi connectivity index (χ0n) is 18.9. The lowest BCUT2D eigenvalue weighted by atomic mass is 9.92. The van der Waals surface area contributed by atoms with Crippen molar-refractivity contribution in [1.29, 1.82) is 0 Å². The van der Waals surface area contributed by atoms with Crippen LogP contribution in [0.3, 0.4) is 0 Å². The Morgan fingerprint density at radius 3 is 2.45 bits per heavy atom. The lowest BCUT2D eigenvalue weighted by Gasteiger charge is -2.36. The Balaban J connectivity index is 1.47. The van der Waals surface area contributed by atoms with Crippen LogP contribution in [0.4, 0.5) is 4.39 Å². The topological polar surface area (TPSA) is 73.0 Å². The molecule has 2 aliphatic rings. The van der Waals surface area contributed by atoms with Gasteiger partial charge in [-0.3, -0.25) is 9.69 Å². The van der Waals surface area contributed by atoms with E-state index in [1.165, 1.54) is 16.4 Å². The standard InChI is InChI=1S/C24H31FN4O3S/c1-27-14-16-28(17-15-27)13-11-26-24(30)18-23-22-5-3-2-4-19(22)10-12-29(23)33(31,32)21-8-6-20(25)7-9-21/h2-9,23H,10-18H2,1H3,(H,26,30)/t23-/m0/s1. The van der Waals surface area contributed by atoms with Crippen LogP contribution in [0.5, 0.6) is 0 Å². The van der Waals surface area contributed by atoms with E-state index < -0.39 is 21.9 Å². The molecule has 0 bridgehead atoms. The van der Waals surface area contributed by atoms with Gasteiger partial charge in [-0.2, -0.15) is 4.31 Å². The van der Waals surface area contributed by atoms with Crippen LogP contribution < -0.4 is 5.32 Å². The first-order valence-corrected chi connectivity index (χ1v) is 12.8. The fourth-order valence-electron chi connectivity index (χ4n) is 4.54. The molecule has 178 valence electrons. The van der Waals surface area contributed by atoms with Gasteiger partial charge in [-0.25, -0.2) is 12.8 Å². The lowest BCUT2D eigenvalue weighted by molar-refractivity contribution is -0.122. The number of likely N-dealkylation sites (N-methyl/N-ethyl adjacent to an activating group) is 1. The van der Waals surface area contributed by atoms with Gasteiger partial charge < -0.3 is 10.2 Å². The number of carbonyl (C=O) groups is 1. The summed E-state index contributed by atoms with van der Waals surface area (Å²) >= 11 is 0. The second-order valence-corrected chi connectivity index (χ2v) is 10.6. The summed E-state index contributed by atoms with van der Waals surface area (Å²) in [6, 6.07) is 11.9. The van der Waals surface area contributed by atoms with Crippen LogP contribution in [-0.2, 0) is 21.2 Å². The number of halogens is 1. The first kappa shape index (κ1) is 23.8. The summed E-state index contributed by atoms with van der Waals surface area (Å²) in [5.74, 6) is -0.667. The average Bonchev–Trinajstić information content (AvgIpc) is 2.81. The number of nitrogens with zero attached hydrogens (tertiary/aromatic N) is 3. The van der Waals surface area contributed by atoms with E-state index in [0.717, 1.165) is 56.0 Å². The highest BCUT2D eigenvalue weighted by Gasteiger charge is 2.37. The van der Waals surface area contributed by atoms with Crippen molar-refractivity contribution in [3.8, 4) is 0 Å². The van der Waals surface area contributed by atoms with Crippen LogP contribution in [0.15, 0.2) is 53.4 Å². The van der Waals surface area contributed by atoms with Crippen LogP contribution in [0.2, 0.25) is 0 Å². The molecule has 7 nitrogen and oxygen atoms in total. The van der Waals surface area contributed by atoms with Gasteiger partial charge in [0.05, 0.1) is 10.9 Å². The van der Waals surface area contributed by atoms with Crippen molar-refractivity contribution in [2.75, 3.05) is 52.9 Å². The van der Waals surface area contributed by atoms with Crippen molar-refractivity contribution in [2.24, 2.45) is 0 Å². The number of piperazine rings is 1. The van der Waals surface area contributed by atoms with E-state index in [4.69, 9.17) is 0 Å². The van der Waals surface area contributed by atoms with Gasteiger partial charge in [-0.1, -0.05) is 24.3 Å². The molecule has 0 radical (unpaired) electrons. The first-order chi connectivity index (χ1) is 15.8. The van der Waals surface area contributed by atoms with Crippen molar-refractivity contribution < 1.29 is 17.6 Å². The molecule has 0 saturated carbocycles. The highest BCUT2D eigenvalue weighted by Crippen LogP contribution is 2.36. The largest absolute Gasteiger partial charge is 0.355 e. The SMILES string of the molecule is CN1CCN(CCNC(=O)C[C@H]2c3ccccc3CCN2S(=O)(=O)c2ccc(F)cc2)CC1. The zero-order valence-corrected chi connectivity index (χ0v) is 19.7. The number of fused-ring (bicyclic) bond motifs is 1. The van der Waals surface area contributed by atoms with Crippen molar-refractivity contribution in [3.63, 3.8) is 0 Å². The number of sulfonamides is 1. The maximum Gasteiger partial charge on any atom is 0.243 e. The first-order valence-electron chi connectivity index (χ1n) is 11.4. The molecule has 1 atom stereocenters. The number of amides is 1. The van der Waals surface area contributed by atoms with E-state index >= 15 is 0 Å². The minimum atomic E-state index is -3.89. The second-order valence-electron chi connectivity index (χ2n) is 8.73. The minimum absolute atomic E-state index is 0.0313. The molecule has 1 N–H and O–H groups in total. The maximum atomic E-state index is 13.4. The van der Waals surface area contributed by atoms with Gasteiger partial charge >= 0.3 is 0 Å². The Morgan fingerprint density at radius 1 is 1.03 bits per heavy atom. The van der Waals surface area contributed by atoms with E-state index in [1.54, 1.807) is 0 Å². The number of carbonyl (C=O) groups excluding carboxylic acids is 1. The monoisotopic (exact) mass is 474 g/mol.